The van der Waals surface area contributed by atoms with Crippen LogP contribution in [-0.4, -0.2) is 22.6 Å². The topological polar surface area (TPSA) is 49.8 Å². The number of hydrogen-bond donors (Lipinski definition) is 2. The van der Waals surface area contributed by atoms with E-state index >= 15 is 0 Å². The minimum atomic E-state index is 0.486. The minimum absolute atomic E-state index is 0.486. The molecule has 2 rings (SSSR count). The van der Waals surface area contributed by atoms with Crippen molar-refractivity contribution < 1.29 is 0 Å². The van der Waals surface area contributed by atoms with E-state index in [0.29, 0.717) is 6.04 Å². The van der Waals surface area contributed by atoms with Gasteiger partial charge in [-0.15, -0.1) is 0 Å². The van der Waals surface area contributed by atoms with Crippen molar-refractivity contribution in [1.29, 1.82) is 0 Å². The van der Waals surface area contributed by atoms with Gasteiger partial charge in [-0.05, 0) is 39.5 Å². The highest BCUT2D eigenvalue weighted by Gasteiger charge is 2.24. The second-order valence-corrected chi connectivity index (χ2v) is 5.97. The lowest BCUT2D eigenvalue weighted by Crippen LogP contribution is -2.19. The molecule has 1 saturated carbocycles. The molecule has 4 nitrogen and oxygen atoms in total. The number of nitrogens with one attached hydrogen (secondary N) is 2. The van der Waals surface area contributed by atoms with E-state index in [2.05, 4.69) is 43.3 Å². The van der Waals surface area contributed by atoms with Crippen LogP contribution < -0.4 is 10.6 Å². The average molecular weight is 276 g/mol. The summed E-state index contributed by atoms with van der Waals surface area (Å²) in [7, 11) is 0. The lowest BCUT2D eigenvalue weighted by Gasteiger charge is -2.18. The van der Waals surface area contributed by atoms with E-state index in [1.165, 1.54) is 19.3 Å². The molecule has 1 aromatic rings. The molecule has 0 aliphatic heterocycles. The van der Waals surface area contributed by atoms with Gasteiger partial charge in [0, 0.05) is 24.6 Å². The lowest BCUT2D eigenvalue weighted by atomic mass is 10.1. The molecule has 1 heterocycles. The van der Waals surface area contributed by atoms with Gasteiger partial charge in [0.2, 0.25) is 0 Å². The summed E-state index contributed by atoms with van der Waals surface area (Å²) in [5.41, 5.74) is 1.13. The first kappa shape index (κ1) is 15.1. The van der Waals surface area contributed by atoms with Crippen molar-refractivity contribution in [3.63, 3.8) is 0 Å². The summed E-state index contributed by atoms with van der Waals surface area (Å²) in [5, 5.41) is 6.94. The van der Waals surface area contributed by atoms with Crippen LogP contribution in [0.2, 0.25) is 0 Å². The zero-order chi connectivity index (χ0) is 14.5. The van der Waals surface area contributed by atoms with E-state index in [4.69, 9.17) is 4.98 Å². The Morgan fingerprint density at radius 1 is 1.20 bits per heavy atom. The molecule has 0 amide bonds. The van der Waals surface area contributed by atoms with Crippen molar-refractivity contribution in [3.8, 4) is 0 Å². The smallest absolute Gasteiger partial charge is 0.134 e. The Bertz CT molecular complexity index is 440. The lowest BCUT2D eigenvalue weighted by molar-refractivity contribution is 0.638. The standard InChI is InChI=1S/C16H28N4/c1-5-7-14-19-15(17-6-2)12(4)16(20-14)18-11(3)10-13-8-9-13/h11,13H,5-10H2,1-4H3,(H2,17,18,19,20). The molecule has 1 fully saturated rings. The van der Waals surface area contributed by atoms with Gasteiger partial charge in [0.1, 0.15) is 17.5 Å². The number of nitrogens with zero attached hydrogens (tertiary/aromatic N) is 2. The summed E-state index contributed by atoms with van der Waals surface area (Å²) in [6.07, 6.45) is 6.07. The summed E-state index contributed by atoms with van der Waals surface area (Å²) in [5.74, 6) is 3.86. The van der Waals surface area contributed by atoms with Crippen LogP contribution in [0, 0.1) is 12.8 Å². The summed E-state index contributed by atoms with van der Waals surface area (Å²) in [6, 6.07) is 0.486. The first-order valence-corrected chi connectivity index (χ1v) is 8.01. The normalized spacial score (nSPS) is 16.0. The van der Waals surface area contributed by atoms with E-state index < -0.39 is 0 Å². The van der Waals surface area contributed by atoms with E-state index in [1.807, 2.05) is 0 Å². The Hall–Kier alpha value is -1.32. The number of hydrogen-bond acceptors (Lipinski definition) is 4. The predicted octanol–water partition coefficient (Wildman–Crippen LogP) is 3.77. The van der Waals surface area contributed by atoms with Crippen LogP contribution in [-0.2, 0) is 6.42 Å². The molecule has 0 spiro atoms. The maximum atomic E-state index is 4.71. The fourth-order valence-corrected chi connectivity index (χ4v) is 2.52. The monoisotopic (exact) mass is 276 g/mol. The largest absolute Gasteiger partial charge is 0.370 e. The average Bonchev–Trinajstić information content (AvgIpc) is 3.19. The molecule has 112 valence electrons. The predicted molar refractivity (Wildman–Crippen MR) is 85.4 cm³/mol. The molecule has 0 saturated heterocycles. The third kappa shape index (κ3) is 4.09. The first-order valence-electron chi connectivity index (χ1n) is 8.01. The fraction of sp³-hybridized carbons (Fsp3) is 0.750. The first-order chi connectivity index (χ1) is 9.63. The number of rotatable bonds is 8. The van der Waals surface area contributed by atoms with E-state index in [9.17, 15) is 0 Å². The van der Waals surface area contributed by atoms with Crippen LogP contribution in [0.15, 0.2) is 0 Å². The van der Waals surface area contributed by atoms with Crippen LogP contribution in [0.5, 0.6) is 0 Å². The third-order valence-corrected chi connectivity index (χ3v) is 3.78. The zero-order valence-corrected chi connectivity index (χ0v) is 13.3. The van der Waals surface area contributed by atoms with Crippen molar-refractivity contribution in [2.45, 2.75) is 65.8 Å². The van der Waals surface area contributed by atoms with E-state index in [0.717, 1.165) is 48.3 Å². The quantitative estimate of drug-likeness (QED) is 0.759. The highest BCUT2D eigenvalue weighted by Crippen LogP contribution is 2.34. The second kappa shape index (κ2) is 6.91. The summed E-state index contributed by atoms with van der Waals surface area (Å²) < 4.78 is 0. The molecule has 0 bridgehead atoms. The van der Waals surface area contributed by atoms with Gasteiger partial charge in [-0.1, -0.05) is 19.8 Å². The SMILES string of the molecule is CCCc1nc(NCC)c(C)c(NC(C)CC2CC2)n1. The summed E-state index contributed by atoms with van der Waals surface area (Å²) in [4.78, 5) is 9.34. The molecule has 1 aliphatic carbocycles. The highest BCUT2D eigenvalue weighted by molar-refractivity contribution is 5.57. The molecular weight excluding hydrogens is 248 g/mol. The summed E-state index contributed by atoms with van der Waals surface area (Å²) >= 11 is 0. The van der Waals surface area contributed by atoms with Gasteiger partial charge in [0.15, 0.2) is 0 Å². The Kier molecular flexibility index (Phi) is 5.21. The molecular formula is C16H28N4. The van der Waals surface area contributed by atoms with Crippen molar-refractivity contribution in [1.82, 2.24) is 9.97 Å². The summed E-state index contributed by atoms with van der Waals surface area (Å²) in [6.45, 7) is 9.51. The Labute approximate surface area is 122 Å². The second-order valence-electron chi connectivity index (χ2n) is 5.97. The van der Waals surface area contributed by atoms with Gasteiger partial charge in [0.25, 0.3) is 0 Å². The van der Waals surface area contributed by atoms with Crippen molar-refractivity contribution in [2.75, 3.05) is 17.2 Å². The van der Waals surface area contributed by atoms with Gasteiger partial charge >= 0.3 is 0 Å². The Balaban J connectivity index is 2.14. The van der Waals surface area contributed by atoms with Gasteiger partial charge < -0.3 is 10.6 Å². The zero-order valence-electron chi connectivity index (χ0n) is 13.3. The van der Waals surface area contributed by atoms with Crippen molar-refractivity contribution in [2.24, 2.45) is 5.92 Å². The molecule has 1 aromatic heterocycles. The number of aromatic nitrogens is 2. The van der Waals surface area contributed by atoms with Gasteiger partial charge in [0.05, 0.1) is 0 Å². The van der Waals surface area contributed by atoms with Gasteiger partial charge in [-0.2, -0.15) is 0 Å². The van der Waals surface area contributed by atoms with Crippen LogP contribution in [0.4, 0.5) is 11.6 Å². The van der Waals surface area contributed by atoms with E-state index in [-0.39, 0.29) is 0 Å². The van der Waals surface area contributed by atoms with Crippen LogP contribution >= 0.6 is 0 Å². The minimum Gasteiger partial charge on any atom is -0.370 e. The molecule has 2 N–H and O–H groups in total. The third-order valence-electron chi connectivity index (χ3n) is 3.78. The van der Waals surface area contributed by atoms with Crippen LogP contribution in [0.3, 0.4) is 0 Å². The van der Waals surface area contributed by atoms with Crippen LogP contribution in [0.1, 0.15) is 57.8 Å². The van der Waals surface area contributed by atoms with Crippen molar-refractivity contribution >= 4 is 11.6 Å². The highest BCUT2D eigenvalue weighted by atomic mass is 15.1. The van der Waals surface area contributed by atoms with Crippen LogP contribution in [0.25, 0.3) is 0 Å². The maximum absolute atomic E-state index is 4.71. The van der Waals surface area contributed by atoms with Crippen molar-refractivity contribution in [3.05, 3.63) is 11.4 Å². The maximum Gasteiger partial charge on any atom is 0.134 e. The molecule has 0 radical (unpaired) electrons. The molecule has 20 heavy (non-hydrogen) atoms. The Morgan fingerprint density at radius 2 is 1.90 bits per heavy atom. The van der Waals surface area contributed by atoms with E-state index in [1.54, 1.807) is 0 Å². The number of anilines is 2. The Morgan fingerprint density at radius 3 is 2.50 bits per heavy atom. The fourth-order valence-electron chi connectivity index (χ4n) is 2.52. The number of aryl methyl sites for hydroxylation is 1. The molecule has 1 aliphatic rings. The molecule has 4 heteroatoms. The van der Waals surface area contributed by atoms with Gasteiger partial charge in [-0.25, -0.2) is 9.97 Å². The van der Waals surface area contributed by atoms with Gasteiger partial charge in [-0.3, -0.25) is 0 Å². The molecule has 0 aromatic carbocycles. The molecule has 1 atom stereocenters. The molecule has 1 unspecified atom stereocenters.